The van der Waals surface area contributed by atoms with Crippen molar-refractivity contribution in [3.8, 4) is 22.6 Å². The number of nitrogens with zero attached hydrogens (tertiary/aromatic N) is 3. The SMILES string of the molecule is CC(C)c1cc(C2=NNC(O)N2Cc2ccc(-c3ccc(N)nc3)cc2)c(O)cc1O. The van der Waals surface area contributed by atoms with Crippen LogP contribution in [0.4, 0.5) is 5.82 Å². The van der Waals surface area contributed by atoms with Crippen LogP contribution in [0.2, 0.25) is 0 Å². The van der Waals surface area contributed by atoms with E-state index in [4.69, 9.17) is 5.73 Å². The monoisotopic (exact) mass is 419 g/mol. The van der Waals surface area contributed by atoms with Crippen molar-refractivity contribution < 1.29 is 15.3 Å². The molecule has 0 amide bonds. The number of nitrogens with two attached hydrogens (primary N) is 1. The van der Waals surface area contributed by atoms with Gasteiger partial charge in [0.15, 0.2) is 5.84 Å². The van der Waals surface area contributed by atoms with Crippen LogP contribution >= 0.6 is 0 Å². The second-order valence-electron chi connectivity index (χ2n) is 7.82. The van der Waals surface area contributed by atoms with Gasteiger partial charge in [-0.25, -0.2) is 4.98 Å². The van der Waals surface area contributed by atoms with E-state index in [2.05, 4.69) is 15.5 Å². The topological polar surface area (TPSA) is 127 Å². The van der Waals surface area contributed by atoms with Crippen molar-refractivity contribution in [2.24, 2.45) is 5.10 Å². The van der Waals surface area contributed by atoms with E-state index < -0.39 is 6.35 Å². The molecule has 6 N–H and O–H groups in total. The molecule has 0 radical (unpaired) electrons. The first-order chi connectivity index (χ1) is 14.8. The van der Waals surface area contributed by atoms with Crippen LogP contribution < -0.4 is 11.2 Å². The molecule has 2 heterocycles. The van der Waals surface area contributed by atoms with Crippen molar-refractivity contribution in [2.75, 3.05) is 5.73 Å². The average molecular weight is 419 g/mol. The van der Waals surface area contributed by atoms with Gasteiger partial charge in [0.2, 0.25) is 6.35 Å². The summed E-state index contributed by atoms with van der Waals surface area (Å²) in [5.74, 6) is 0.859. The number of nitrogens with one attached hydrogen (secondary N) is 1. The zero-order valence-corrected chi connectivity index (χ0v) is 17.3. The number of phenolic OH excluding ortho intramolecular Hbond substituents is 2. The lowest BCUT2D eigenvalue weighted by molar-refractivity contribution is 0.0372. The Kier molecular flexibility index (Phi) is 5.39. The Hall–Kier alpha value is -3.78. The molecular weight excluding hydrogens is 394 g/mol. The third-order valence-corrected chi connectivity index (χ3v) is 5.29. The van der Waals surface area contributed by atoms with E-state index in [-0.39, 0.29) is 17.4 Å². The van der Waals surface area contributed by atoms with E-state index in [1.807, 2.05) is 44.2 Å². The molecule has 0 saturated heterocycles. The maximum Gasteiger partial charge on any atom is 0.221 e. The fourth-order valence-corrected chi connectivity index (χ4v) is 3.56. The van der Waals surface area contributed by atoms with E-state index in [9.17, 15) is 15.3 Å². The minimum absolute atomic E-state index is 0.0302. The van der Waals surface area contributed by atoms with Crippen LogP contribution in [0.5, 0.6) is 11.5 Å². The van der Waals surface area contributed by atoms with Gasteiger partial charge in [-0.05, 0) is 40.8 Å². The van der Waals surface area contributed by atoms with E-state index in [0.29, 0.717) is 29.3 Å². The summed E-state index contributed by atoms with van der Waals surface area (Å²) in [4.78, 5) is 5.77. The summed E-state index contributed by atoms with van der Waals surface area (Å²) in [6.45, 7) is 4.27. The molecular formula is C23H25N5O3. The van der Waals surface area contributed by atoms with E-state index in [1.165, 1.54) is 6.07 Å². The molecule has 1 atom stereocenters. The Morgan fingerprint density at radius 3 is 2.39 bits per heavy atom. The molecule has 1 aliphatic heterocycles. The van der Waals surface area contributed by atoms with Crippen LogP contribution in [0.3, 0.4) is 0 Å². The predicted molar refractivity (Wildman–Crippen MR) is 119 cm³/mol. The smallest absolute Gasteiger partial charge is 0.221 e. The van der Waals surface area contributed by atoms with Gasteiger partial charge in [0.1, 0.15) is 17.3 Å². The highest BCUT2D eigenvalue weighted by molar-refractivity contribution is 6.02. The Morgan fingerprint density at radius 2 is 1.74 bits per heavy atom. The zero-order valence-electron chi connectivity index (χ0n) is 17.3. The van der Waals surface area contributed by atoms with E-state index in [1.54, 1.807) is 23.2 Å². The number of nitrogen functional groups attached to an aromatic ring is 1. The van der Waals surface area contributed by atoms with Gasteiger partial charge in [-0.1, -0.05) is 38.1 Å². The third kappa shape index (κ3) is 4.10. The number of phenols is 2. The van der Waals surface area contributed by atoms with Gasteiger partial charge in [0, 0.05) is 24.4 Å². The van der Waals surface area contributed by atoms with Gasteiger partial charge in [-0.2, -0.15) is 5.10 Å². The maximum absolute atomic E-state index is 10.4. The lowest BCUT2D eigenvalue weighted by Crippen LogP contribution is -2.39. The first-order valence-corrected chi connectivity index (χ1v) is 9.98. The van der Waals surface area contributed by atoms with Crippen molar-refractivity contribution in [2.45, 2.75) is 32.7 Å². The lowest BCUT2D eigenvalue weighted by Gasteiger charge is -2.24. The lowest BCUT2D eigenvalue weighted by atomic mass is 9.98. The first kappa shape index (κ1) is 20.5. The molecule has 0 spiro atoms. The fraction of sp³-hybridized carbons (Fsp3) is 0.217. The molecule has 1 aromatic heterocycles. The third-order valence-electron chi connectivity index (χ3n) is 5.29. The average Bonchev–Trinajstić information content (AvgIpc) is 3.09. The van der Waals surface area contributed by atoms with Gasteiger partial charge in [0.05, 0.1) is 5.56 Å². The van der Waals surface area contributed by atoms with Crippen LogP contribution in [-0.4, -0.2) is 37.4 Å². The number of aromatic hydroxyl groups is 2. The summed E-state index contributed by atoms with van der Waals surface area (Å²) in [6, 6.07) is 14.6. The molecule has 1 aliphatic rings. The number of hydrazone groups is 1. The predicted octanol–water partition coefficient (Wildman–Crippen LogP) is 2.91. The molecule has 0 saturated carbocycles. The molecule has 4 rings (SSSR count). The number of hydrogen-bond donors (Lipinski definition) is 5. The molecule has 1 unspecified atom stereocenters. The van der Waals surface area contributed by atoms with Crippen LogP contribution in [0.25, 0.3) is 11.1 Å². The first-order valence-electron chi connectivity index (χ1n) is 9.98. The number of amidine groups is 1. The standard InChI is InChI=1S/C23H25N5O3/c1-13(2)17-9-18(20(30)10-19(17)29)22-26-27-23(31)28(22)12-14-3-5-15(6-4-14)16-7-8-21(24)25-11-16/h3-11,13,23,27,29-31H,12H2,1-2H3,(H2,24,25). The molecule has 160 valence electrons. The van der Waals surface area contributed by atoms with Gasteiger partial charge in [-0.15, -0.1) is 0 Å². The Labute approximate surface area is 180 Å². The van der Waals surface area contributed by atoms with E-state index in [0.717, 1.165) is 16.7 Å². The number of pyridine rings is 1. The Balaban J connectivity index is 1.59. The number of anilines is 1. The number of aromatic nitrogens is 1. The maximum atomic E-state index is 10.4. The molecule has 0 bridgehead atoms. The second kappa shape index (κ2) is 8.16. The van der Waals surface area contributed by atoms with Crippen LogP contribution in [0.1, 0.15) is 36.5 Å². The van der Waals surface area contributed by atoms with Crippen LogP contribution in [0.15, 0.2) is 59.8 Å². The van der Waals surface area contributed by atoms with Crippen molar-refractivity contribution >= 4 is 11.7 Å². The summed E-state index contributed by atoms with van der Waals surface area (Å²) in [6.07, 6.45) is 0.690. The minimum atomic E-state index is -1.04. The molecule has 8 heteroatoms. The fourth-order valence-electron chi connectivity index (χ4n) is 3.56. The normalized spacial score (nSPS) is 15.8. The van der Waals surface area contributed by atoms with Gasteiger partial charge >= 0.3 is 0 Å². The summed E-state index contributed by atoms with van der Waals surface area (Å²) in [5, 5.41) is 35.2. The van der Waals surface area contributed by atoms with Crippen LogP contribution in [0, 0.1) is 0 Å². The van der Waals surface area contributed by atoms with Gasteiger partial charge in [-0.3, -0.25) is 5.43 Å². The second-order valence-corrected chi connectivity index (χ2v) is 7.82. The summed E-state index contributed by atoms with van der Waals surface area (Å²) in [5.41, 5.74) is 12.3. The summed E-state index contributed by atoms with van der Waals surface area (Å²) < 4.78 is 0. The Morgan fingerprint density at radius 1 is 1.03 bits per heavy atom. The molecule has 0 aliphatic carbocycles. The molecule has 3 aromatic rings. The molecule has 2 aromatic carbocycles. The van der Waals surface area contributed by atoms with Crippen molar-refractivity contribution in [1.29, 1.82) is 0 Å². The van der Waals surface area contributed by atoms with Gasteiger partial charge in [0.25, 0.3) is 0 Å². The number of aliphatic hydroxyl groups is 1. The van der Waals surface area contributed by atoms with Crippen molar-refractivity contribution in [1.82, 2.24) is 15.3 Å². The van der Waals surface area contributed by atoms with Gasteiger partial charge < -0.3 is 26.0 Å². The van der Waals surface area contributed by atoms with Crippen molar-refractivity contribution in [3.05, 3.63) is 71.4 Å². The minimum Gasteiger partial charge on any atom is -0.508 e. The number of hydrogen-bond acceptors (Lipinski definition) is 8. The van der Waals surface area contributed by atoms with E-state index >= 15 is 0 Å². The zero-order chi connectivity index (χ0) is 22.1. The largest absolute Gasteiger partial charge is 0.508 e. The molecule has 0 fully saturated rings. The number of rotatable bonds is 5. The highest BCUT2D eigenvalue weighted by atomic mass is 16.3. The quantitative estimate of drug-likeness (QED) is 0.430. The van der Waals surface area contributed by atoms with Crippen molar-refractivity contribution in [3.63, 3.8) is 0 Å². The number of benzene rings is 2. The highest BCUT2D eigenvalue weighted by Crippen LogP contribution is 2.34. The Bertz CT molecular complexity index is 1110. The summed E-state index contributed by atoms with van der Waals surface area (Å²) in [7, 11) is 0. The molecule has 31 heavy (non-hydrogen) atoms. The van der Waals surface area contributed by atoms with Crippen LogP contribution in [-0.2, 0) is 6.54 Å². The number of aliphatic hydroxyl groups excluding tert-OH is 1. The highest BCUT2D eigenvalue weighted by Gasteiger charge is 2.29. The molecule has 8 nitrogen and oxygen atoms in total. The summed E-state index contributed by atoms with van der Waals surface area (Å²) >= 11 is 0.